The minimum absolute atomic E-state index is 0.0975. The first-order chi connectivity index (χ1) is 9.20. The molecule has 1 aliphatic heterocycles. The monoisotopic (exact) mass is 261 g/mol. The average molecular weight is 261 g/mol. The Labute approximate surface area is 112 Å². The molecule has 1 aromatic rings. The van der Waals surface area contributed by atoms with Crippen molar-refractivity contribution in [3.8, 4) is 5.75 Å². The maximum absolute atomic E-state index is 11.3. The van der Waals surface area contributed by atoms with Gasteiger partial charge in [0.2, 0.25) is 0 Å². The topological polar surface area (TPSA) is 76.4 Å². The highest BCUT2D eigenvalue weighted by molar-refractivity contribution is 5.96. The van der Waals surface area contributed by atoms with Gasteiger partial charge in [-0.05, 0) is 43.9 Å². The molecule has 0 bridgehead atoms. The quantitative estimate of drug-likeness (QED) is 0.757. The average Bonchev–Trinajstić information content (AvgIpc) is 2.41. The van der Waals surface area contributed by atoms with Crippen molar-refractivity contribution in [2.24, 2.45) is 5.73 Å². The smallest absolute Gasteiger partial charge is 0.262 e. The lowest BCUT2D eigenvalue weighted by atomic mass is 9.91. The minimum Gasteiger partial charge on any atom is -0.482 e. The second kappa shape index (κ2) is 5.09. The number of anilines is 2. The van der Waals surface area contributed by atoms with E-state index in [4.69, 9.17) is 10.5 Å². The molecule has 1 amide bonds. The molecular formula is C14H19N3O2. The van der Waals surface area contributed by atoms with Crippen molar-refractivity contribution in [2.75, 3.05) is 17.2 Å². The van der Waals surface area contributed by atoms with Crippen LogP contribution in [0.3, 0.4) is 0 Å². The van der Waals surface area contributed by atoms with E-state index in [9.17, 15) is 4.79 Å². The first-order valence-electron chi connectivity index (χ1n) is 6.79. The van der Waals surface area contributed by atoms with Crippen molar-refractivity contribution in [3.05, 3.63) is 18.2 Å². The van der Waals surface area contributed by atoms with Crippen LogP contribution >= 0.6 is 0 Å². The summed E-state index contributed by atoms with van der Waals surface area (Å²) >= 11 is 0. The van der Waals surface area contributed by atoms with Gasteiger partial charge in [-0.1, -0.05) is 0 Å². The molecule has 2 aliphatic rings. The molecule has 5 heteroatoms. The van der Waals surface area contributed by atoms with E-state index >= 15 is 0 Å². The second-order valence-corrected chi connectivity index (χ2v) is 5.30. The summed E-state index contributed by atoms with van der Waals surface area (Å²) in [6.45, 7) is 0.0975. The highest BCUT2D eigenvalue weighted by Crippen LogP contribution is 2.31. The molecule has 3 rings (SSSR count). The van der Waals surface area contributed by atoms with Gasteiger partial charge in [-0.3, -0.25) is 4.79 Å². The zero-order valence-corrected chi connectivity index (χ0v) is 10.8. The fourth-order valence-corrected chi connectivity index (χ4v) is 2.67. The third kappa shape index (κ3) is 2.81. The van der Waals surface area contributed by atoms with Crippen LogP contribution in [0.1, 0.15) is 25.7 Å². The number of fused-ring (bicyclic) bond motifs is 1. The Balaban J connectivity index is 1.68. The molecule has 4 N–H and O–H groups in total. The van der Waals surface area contributed by atoms with Crippen molar-refractivity contribution in [2.45, 2.75) is 37.8 Å². The predicted molar refractivity (Wildman–Crippen MR) is 74.4 cm³/mol. The third-order valence-corrected chi connectivity index (χ3v) is 3.76. The highest BCUT2D eigenvalue weighted by Gasteiger charge is 2.20. The fraction of sp³-hybridized carbons (Fsp3) is 0.500. The Kier molecular flexibility index (Phi) is 3.29. The van der Waals surface area contributed by atoms with E-state index in [-0.39, 0.29) is 12.5 Å². The van der Waals surface area contributed by atoms with E-state index in [1.165, 1.54) is 0 Å². The van der Waals surface area contributed by atoms with Crippen molar-refractivity contribution in [3.63, 3.8) is 0 Å². The van der Waals surface area contributed by atoms with Crippen molar-refractivity contribution in [1.82, 2.24) is 0 Å². The van der Waals surface area contributed by atoms with Crippen molar-refractivity contribution >= 4 is 17.3 Å². The number of benzene rings is 1. The van der Waals surface area contributed by atoms with Gasteiger partial charge in [0.1, 0.15) is 5.75 Å². The number of nitrogens with one attached hydrogen (secondary N) is 2. The number of amides is 1. The van der Waals surface area contributed by atoms with Crippen LogP contribution in [0, 0.1) is 0 Å². The summed E-state index contributed by atoms with van der Waals surface area (Å²) in [4.78, 5) is 11.3. The Morgan fingerprint density at radius 1 is 1.26 bits per heavy atom. The summed E-state index contributed by atoms with van der Waals surface area (Å²) in [6, 6.07) is 6.64. The van der Waals surface area contributed by atoms with E-state index in [1.54, 1.807) is 0 Å². The van der Waals surface area contributed by atoms with Gasteiger partial charge in [0.25, 0.3) is 5.91 Å². The van der Waals surface area contributed by atoms with Crippen LogP contribution in [0.2, 0.25) is 0 Å². The zero-order valence-electron chi connectivity index (χ0n) is 10.8. The number of hydrogen-bond acceptors (Lipinski definition) is 4. The summed E-state index contributed by atoms with van der Waals surface area (Å²) in [6.07, 6.45) is 4.34. The first-order valence-corrected chi connectivity index (χ1v) is 6.79. The third-order valence-electron chi connectivity index (χ3n) is 3.76. The van der Waals surface area contributed by atoms with Gasteiger partial charge in [-0.2, -0.15) is 0 Å². The van der Waals surface area contributed by atoms with Crippen LogP contribution in [0.15, 0.2) is 18.2 Å². The number of nitrogens with two attached hydrogens (primary N) is 1. The summed E-state index contributed by atoms with van der Waals surface area (Å²) in [7, 11) is 0. The number of rotatable bonds is 2. The van der Waals surface area contributed by atoms with Crippen molar-refractivity contribution in [1.29, 1.82) is 0 Å². The van der Waals surface area contributed by atoms with Crippen LogP contribution in [0.25, 0.3) is 0 Å². The van der Waals surface area contributed by atoms with Gasteiger partial charge in [0.15, 0.2) is 6.61 Å². The number of carbonyl (C=O) groups excluding carboxylic acids is 1. The Hall–Kier alpha value is -1.75. The van der Waals surface area contributed by atoms with E-state index in [1.807, 2.05) is 18.2 Å². The van der Waals surface area contributed by atoms with Gasteiger partial charge < -0.3 is 21.1 Å². The molecule has 19 heavy (non-hydrogen) atoms. The SMILES string of the molecule is NC1CCC(Nc2ccc3c(c2)NC(=O)CO3)CC1. The largest absolute Gasteiger partial charge is 0.482 e. The van der Waals surface area contributed by atoms with Crippen LogP contribution in [0.5, 0.6) is 5.75 Å². The normalized spacial score (nSPS) is 26.1. The molecule has 1 aromatic carbocycles. The molecule has 1 fully saturated rings. The number of hydrogen-bond donors (Lipinski definition) is 3. The maximum atomic E-state index is 11.3. The molecule has 102 valence electrons. The molecule has 0 saturated heterocycles. The molecule has 0 spiro atoms. The lowest BCUT2D eigenvalue weighted by molar-refractivity contribution is -0.118. The summed E-state index contributed by atoms with van der Waals surface area (Å²) in [5, 5.41) is 6.32. The Morgan fingerprint density at radius 2 is 2.05 bits per heavy atom. The first kappa shape index (κ1) is 12.3. The van der Waals surface area contributed by atoms with Crippen LogP contribution in [0.4, 0.5) is 11.4 Å². The maximum Gasteiger partial charge on any atom is 0.262 e. The van der Waals surface area contributed by atoms with Gasteiger partial charge in [0, 0.05) is 17.8 Å². The number of ether oxygens (including phenoxy) is 1. The molecule has 0 atom stereocenters. The van der Waals surface area contributed by atoms with Gasteiger partial charge >= 0.3 is 0 Å². The zero-order chi connectivity index (χ0) is 13.2. The highest BCUT2D eigenvalue weighted by atomic mass is 16.5. The summed E-state index contributed by atoms with van der Waals surface area (Å²) in [5.74, 6) is 0.629. The minimum atomic E-state index is -0.103. The molecular weight excluding hydrogens is 242 g/mol. The Morgan fingerprint density at radius 3 is 2.84 bits per heavy atom. The van der Waals surface area contributed by atoms with E-state index < -0.39 is 0 Å². The van der Waals surface area contributed by atoms with Crippen LogP contribution in [-0.2, 0) is 4.79 Å². The van der Waals surface area contributed by atoms with Gasteiger partial charge in [0.05, 0.1) is 5.69 Å². The molecule has 0 unspecified atom stereocenters. The van der Waals surface area contributed by atoms with Gasteiger partial charge in [-0.25, -0.2) is 0 Å². The summed E-state index contributed by atoms with van der Waals surface area (Å²) < 4.78 is 5.34. The molecule has 1 heterocycles. The number of carbonyl (C=O) groups is 1. The fourth-order valence-electron chi connectivity index (χ4n) is 2.67. The lowest BCUT2D eigenvalue weighted by Crippen LogP contribution is -2.32. The summed E-state index contributed by atoms with van der Waals surface area (Å²) in [5.41, 5.74) is 7.67. The van der Waals surface area contributed by atoms with E-state index in [0.717, 1.165) is 42.8 Å². The molecule has 0 radical (unpaired) electrons. The van der Waals surface area contributed by atoms with Crippen LogP contribution < -0.4 is 21.1 Å². The predicted octanol–water partition coefficient (Wildman–Crippen LogP) is 1.70. The molecule has 1 aliphatic carbocycles. The lowest BCUT2D eigenvalue weighted by Gasteiger charge is -2.28. The van der Waals surface area contributed by atoms with E-state index in [2.05, 4.69) is 10.6 Å². The van der Waals surface area contributed by atoms with Crippen LogP contribution in [-0.4, -0.2) is 24.6 Å². The van der Waals surface area contributed by atoms with Gasteiger partial charge in [-0.15, -0.1) is 0 Å². The molecule has 0 aromatic heterocycles. The second-order valence-electron chi connectivity index (χ2n) is 5.30. The van der Waals surface area contributed by atoms with E-state index in [0.29, 0.717) is 12.1 Å². The molecule has 5 nitrogen and oxygen atoms in total. The molecule has 1 saturated carbocycles. The standard InChI is InChI=1S/C14H19N3O2/c15-9-1-3-10(4-2-9)16-11-5-6-13-12(7-11)17-14(18)8-19-13/h5-7,9-10,16H,1-4,8,15H2,(H,17,18). The van der Waals surface area contributed by atoms with Crippen molar-refractivity contribution < 1.29 is 9.53 Å². The Bertz CT molecular complexity index is 482.